The van der Waals surface area contributed by atoms with Gasteiger partial charge in [0.25, 0.3) is 5.91 Å². The van der Waals surface area contributed by atoms with Gasteiger partial charge in [-0.2, -0.15) is 0 Å². The van der Waals surface area contributed by atoms with Crippen LogP contribution in [0.3, 0.4) is 0 Å². The molecular formula is C28H32N2O3S2. The van der Waals surface area contributed by atoms with Crippen molar-refractivity contribution in [1.29, 1.82) is 0 Å². The van der Waals surface area contributed by atoms with Crippen molar-refractivity contribution in [2.75, 3.05) is 17.7 Å². The molecule has 2 amide bonds. The van der Waals surface area contributed by atoms with E-state index in [-0.39, 0.29) is 23.3 Å². The van der Waals surface area contributed by atoms with Gasteiger partial charge in [0, 0.05) is 11.5 Å². The number of anilines is 1. The zero-order valence-electron chi connectivity index (χ0n) is 20.7. The first-order valence-electron chi connectivity index (χ1n) is 12.3. The number of benzene rings is 2. The van der Waals surface area contributed by atoms with Gasteiger partial charge >= 0.3 is 6.09 Å². The molecule has 35 heavy (non-hydrogen) atoms. The molecule has 0 aromatic heterocycles. The third-order valence-corrected chi connectivity index (χ3v) is 10.3. The molecule has 2 aromatic carbocycles. The van der Waals surface area contributed by atoms with E-state index in [1.807, 2.05) is 36.6 Å². The molecule has 0 saturated heterocycles. The van der Waals surface area contributed by atoms with E-state index in [1.165, 1.54) is 34.0 Å². The van der Waals surface area contributed by atoms with E-state index in [1.54, 1.807) is 0 Å². The molecule has 184 valence electrons. The summed E-state index contributed by atoms with van der Waals surface area (Å²) >= 11 is 2.99. The van der Waals surface area contributed by atoms with E-state index in [2.05, 4.69) is 50.0 Å². The topological polar surface area (TPSA) is 59.0 Å². The quantitative estimate of drug-likeness (QED) is 0.467. The number of thioether (sulfide) groups is 2. The highest BCUT2D eigenvalue weighted by molar-refractivity contribution is 8.39. The lowest BCUT2D eigenvalue weighted by molar-refractivity contribution is -0.119. The summed E-state index contributed by atoms with van der Waals surface area (Å²) in [5.74, 6) is 0.384. The summed E-state index contributed by atoms with van der Waals surface area (Å²) in [5, 5.41) is 0. The van der Waals surface area contributed by atoms with Gasteiger partial charge in [-0.15, -0.1) is 11.8 Å². The molecule has 2 aromatic rings. The molecule has 4 atom stereocenters. The lowest BCUT2D eigenvalue weighted by Gasteiger charge is -2.44. The van der Waals surface area contributed by atoms with E-state index in [0.29, 0.717) is 18.2 Å². The van der Waals surface area contributed by atoms with Crippen LogP contribution in [0.2, 0.25) is 0 Å². The van der Waals surface area contributed by atoms with Crippen LogP contribution in [-0.4, -0.2) is 35.3 Å². The summed E-state index contributed by atoms with van der Waals surface area (Å²) in [5.41, 5.74) is 2.54. The van der Waals surface area contributed by atoms with Crippen molar-refractivity contribution in [3.05, 3.63) is 65.7 Å². The number of hydrogen-bond acceptors (Lipinski definition) is 6. The molecule has 0 radical (unpaired) electrons. The third kappa shape index (κ3) is 4.10. The van der Waals surface area contributed by atoms with Gasteiger partial charge < -0.3 is 4.74 Å². The molecule has 5 nitrogen and oxygen atoms in total. The second-order valence-electron chi connectivity index (χ2n) is 10.4. The highest BCUT2D eigenvalue weighted by Gasteiger charge is 2.57. The smallest absolute Gasteiger partial charge is 0.421 e. The molecule has 1 saturated carbocycles. The van der Waals surface area contributed by atoms with E-state index in [0.717, 1.165) is 29.2 Å². The Morgan fingerprint density at radius 1 is 1.14 bits per heavy atom. The van der Waals surface area contributed by atoms with Crippen LogP contribution in [0.15, 0.2) is 59.6 Å². The Morgan fingerprint density at radius 2 is 1.86 bits per heavy atom. The maximum Gasteiger partial charge on any atom is 0.421 e. The zero-order valence-corrected chi connectivity index (χ0v) is 22.3. The number of rotatable bonds is 3. The maximum absolute atomic E-state index is 13.8. The van der Waals surface area contributed by atoms with Gasteiger partial charge in [0.1, 0.15) is 15.2 Å². The largest absolute Gasteiger partial charge is 0.445 e. The standard InChI is InChI=1S/C28H32N2O3S2/c1-18-14-15-21(27(2,3)19-10-6-5-7-11-19)23(16-18)33-26(32)30-22-13-9-8-12-20(22)28(24(30)31)17-29-25(34-4)35-28/h5-13,18,21,23H,14-17H2,1-4H3/t18-,21-,23-,28-/m1/s1. The number of para-hydroxylation sites is 1. The maximum atomic E-state index is 13.8. The van der Waals surface area contributed by atoms with Crippen molar-refractivity contribution >= 4 is 45.6 Å². The molecule has 0 bridgehead atoms. The molecule has 5 rings (SSSR count). The Balaban J connectivity index is 1.43. The van der Waals surface area contributed by atoms with Gasteiger partial charge in [0.15, 0.2) is 0 Å². The SMILES string of the molecule is CSC1=NC[C@]2(S1)C(=O)N(C(=O)O[C@@H]1C[C@H](C)CC[C@H]1C(C)(C)c1ccccc1)c1ccccc12. The summed E-state index contributed by atoms with van der Waals surface area (Å²) < 4.78 is 6.25. The van der Waals surface area contributed by atoms with Crippen LogP contribution in [0.5, 0.6) is 0 Å². The minimum atomic E-state index is -0.878. The van der Waals surface area contributed by atoms with Gasteiger partial charge in [-0.3, -0.25) is 9.79 Å². The minimum Gasteiger partial charge on any atom is -0.445 e. The fourth-order valence-electron chi connectivity index (χ4n) is 5.89. The number of nitrogens with zero attached hydrogens (tertiary/aromatic N) is 2. The monoisotopic (exact) mass is 508 g/mol. The number of carbonyl (C=O) groups excluding carboxylic acids is 2. The summed E-state index contributed by atoms with van der Waals surface area (Å²) in [6, 6.07) is 18.0. The molecule has 1 aliphatic carbocycles. The number of aliphatic imine (C=N–C) groups is 1. The van der Waals surface area contributed by atoms with E-state index in [4.69, 9.17) is 4.74 Å². The summed E-state index contributed by atoms with van der Waals surface area (Å²) in [6.45, 7) is 7.04. The molecule has 7 heteroatoms. The summed E-state index contributed by atoms with van der Waals surface area (Å²) in [6.07, 6.45) is 4.03. The van der Waals surface area contributed by atoms with Crippen molar-refractivity contribution < 1.29 is 14.3 Å². The fourth-order valence-corrected chi connectivity index (χ4v) is 7.86. The third-order valence-electron chi connectivity index (χ3n) is 7.93. The van der Waals surface area contributed by atoms with Crippen molar-refractivity contribution in [2.45, 2.75) is 56.3 Å². The van der Waals surface area contributed by atoms with Gasteiger partial charge in [0.05, 0.1) is 12.2 Å². The van der Waals surface area contributed by atoms with Gasteiger partial charge in [-0.25, -0.2) is 9.69 Å². The number of carbonyl (C=O) groups is 2. The Bertz CT molecular complexity index is 1170. The van der Waals surface area contributed by atoms with Gasteiger partial charge in [0.2, 0.25) is 0 Å². The number of imide groups is 1. The van der Waals surface area contributed by atoms with Crippen LogP contribution in [0.1, 0.15) is 51.2 Å². The second kappa shape index (κ2) is 9.32. The Morgan fingerprint density at radius 3 is 2.57 bits per heavy atom. The number of hydrogen-bond donors (Lipinski definition) is 0. The average molecular weight is 509 g/mol. The van der Waals surface area contributed by atoms with Gasteiger partial charge in [-0.05, 0) is 42.1 Å². The van der Waals surface area contributed by atoms with Crippen molar-refractivity contribution in [2.24, 2.45) is 16.8 Å². The lowest BCUT2D eigenvalue weighted by atomic mass is 9.64. The fraction of sp³-hybridized carbons (Fsp3) is 0.464. The molecular weight excluding hydrogens is 476 g/mol. The second-order valence-corrected chi connectivity index (χ2v) is 12.7. The first-order chi connectivity index (χ1) is 16.8. The van der Waals surface area contributed by atoms with Crippen LogP contribution in [-0.2, 0) is 19.7 Å². The zero-order chi connectivity index (χ0) is 24.8. The Kier molecular flexibility index (Phi) is 6.51. The average Bonchev–Trinajstić information content (AvgIpc) is 3.40. The molecule has 3 aliphatic rings. The van der Waals surface area contributed by atoms with Crippen molar-refractivity contribution in [1.82, 2.24) is 0 Å². The van der Waals surface area contributed by atoms with E-state index in [9.17, 15) is 9.59 Å². The highest BCUT2D eigenvalue weighted by atomic mass is 32.2. The molecule has 1 spiro atoms. The van der Waals surface area contributed by atoms with Crippen LogP contribution >= 0.6 is 23.5 Å². The lowest BCUT2D eigenvalue weighted by Crippen LogP contribution is -2.48. The summed E-state index contributed by atoms with van der Waals surface area (Å²) in [4.78, 5) is 33.4. The predicted octanol–water partition coefficient (Wildman–Crippen LogP) is 6.61. The number of ether oxygens (including phenoxy) is 1. The molecule has 0 unspecified atom stereocenters. The molecule has 0 N–H and O–H groups in total. The van der Waals surface area contributed by atoms with E-state index < -0.39 is 10.8 Å². The normalized spacial score (nSPS) is 28.2. The first-order valence-corrected chi connectivity index (χ1v) is 14.3. The Labute approximate surface area is 216 Å². The van der Waals surface area contributed by atoms with Gasteiger partial charge in [-0.1, -0.05) is 87.5 Å². The highest BCUT2D eigenvalue weighted by Crippen LogP contribution is 2.54. The molecule has 2 aliphatic heterocycles. The number of fused-ring (bicyclic) bond motifs is 2. The number of amides is 2. The van der Waals surface area contributed by atoms with Crippen LogP contribution in [0.25, 0.3) is 0 Å². The van der Waals surface area contributed by atoms with Crippen LogP contribution < -0.4 is 4.90 Å². The van der Waals surface area contributed by atoms with Crippen molar-refractivity contribution in [3.63, 3.8) is 0 Å². The first kappa shape index (κ1) is 24.4. The summed E-state index contributed by atoms with van der Waals surface area (Å²) in [7, 11) is 0. The minimum absolute atomic E-state index is 0.164. The Hall–Kier alpha value is -2.25. The molecule has 1 fully saturated rings. The van der Waals surface area contributed by atoms with Crippen molar-refractivity contribution in [3.8, 4) is 0 Å². The predicted molar refractivity (Wildman–Crippen MR) is 145 cm³/mol. The van der Waals surface area contributed by atoms with Crippen LogP contribution in [0.4, 0.5) is 10.5 Å². The van der Waals surface area contributed by atoms with Crippen LogP contribution in [0, 0.1) is 11.8 Å². The van der Waals surface area contributed by atoms with E-state index >= 15 is 0 Å². The molecule has 2 heterocycles.